The Morgan fingerprint density at radius 3 is 2.57 bits per heavy atom. The summed E-state index contributed by atoms with van der Waals surface area (Å²) in [6, 6.07) is 4.17. The molecule has 1 unspecified atom stereocenters. The number of nitrogens with one attached hydrogen (secondary N) is 2. The van der Waals surface area contributed by atoms with Crippen LogP contribution in [0.4, 0.5) is 23.7 Å². The van der Waals surface area contributed by atoms with E-state index in [0.29, 0.717) is 11.6 Å². The van der Waals surface area contributed by atoms with E-state index in [2.05, 4.69) is 10.3 Å². The normalized spacial score (nSPS) is 12.1. The van der Waals surface area contributed by atoms with Gasteiger partial charge in [-0.15, -0.1) is 0 Å². The number of fused-ring (bicyclic) bond motifs is 1. The minimum atomic E-state index is -0.988. The van der Waals surface area contributed by atoms with Crippen LogP contribution in [0.1, 0.15) is 18.5 Å². The van der Waals surface area contributed by atoms with Gasteiger partial charge in [-0.2, -0.15) is 0 Å². The summed E-state index contributed by atoms with van der Waals surface area (Å²) in [5.74, 6) is -2.44. The summed E-state index contributed by atoms with van der Waals surface area (Å²) >= 11 is 5.70. The van der Waals surface area contributed by atoms with Crippen molar-refractivity contribution in [3.05, 3.63) is 74.9 Å². The smallest absolute Gasteiger partial charge is 0.322 e. The van der Waals surface area contributed by atoms with Crippen molar-refractivity contribution in [1.29, 1.82) is 0 Å². The lowest BCUT2D eigenvalue weighted by Crippen LogP contribution is -2.34. The fraction of sp³-hybridized carbons (Fsp3) is 0.158. The maximum Gasteiger partial charge on any atom is 0.322 e. The molecule has 0 aliphatic carbocycles. The van der Waals surface area contributed by atoms with Crippen LogP contribution in [-0.2, 0) is 0 Å². The summed E-state index contributed by atoms with van der Waals surface area (Å²) in [4.78, 5) is 28.1. The molecule has 0 aliphatic rings. The van der Waals surface area contributed by atoms with E-state index in [-0.39, 0.29) is 21.5 Å². The second-order valence-corrected chi connectivity index (χ2v) is 6.64. The standard InChI is InChI=1S/C19H15ClF3N3O2/c1-9(26(2)19(28)25-11-3-4-15(22)14(20)7-11)13-8-24-18(27)17-12(13)5-10(21)6-16(17)23/h3-9H,1-2H3,(H,24,27)(H,25,28). The summed E-state index contributed by atoms with van der Waals surface area (Å²) < 4.78 is 41.0. The largest absolute Gasteiger partial charge is 0.328 e. The van der Waals surface area contributed by atoms with Crippen molar-refractivity contribution in [3.8, 4) is 0 Å². The van der Waals surface area contributed by atoms with Gasteiger partial charge >= 0.3 is 6.03 Å². The molecule has 0 aliphatic heterocycles. The third-order valence-corrected chi connectivity index (χ3v) is 4.76. The first kappa shape index (κ1) is 19.8. The molecule has 3 rings (SSSR count). The Morgan fingerprint density at radius 2 is 1.89 bits per heavy atom. The first-order chi connectivity index (χ1) is 13.2. The summed E-state index contributed by atoms with van der Waals surface area (Å²) in [7, 11) is 1.47. The summed E-state index contributed by atoms with van der Waals surface area (Å²) in [6.07, 6.45) is 1.31. The van der Waals surface area contributed by atoms with Crippen molar-refractivity contribution in [2.75, 3.05) is 12.4 Å². The molecule has 0 saturated carbocycles. The minimum Gasteiger partial charge on any atom is -0.328 e. The zero-order valence-corrected chi connectivity index (χ0v) is 15.6. The van der Waals surface area contributed by atoms with Gasteiger partial charge in [0.15, 0.2) is 0 Å². The number of aromatic nitrogens is 1. The highest BCUT2D eigenvalue weighted by Crippen LogP contribution is 2.28. The molecule has 1 atom stereocenters. The molecule has 2 aromatic carbocycles. The molecule has 0 spiro atoms. The maximum atomic E-state index is 14.1. The second-order valence-electron chi connectivity index (χ2n) is 6.23. The number of nitrogens with zero attached hydrogens (tertiary/aromatic N) is 1. The van der Waals surface area contributed by atoms with Gasteiger partial charge in [-0.3, -0.25) is 4.79 Å². The van der Waals surface area contributed by atoms with Crippen LogP contribution >= 0.6 is 11.6 Å². The average Bonchev–Trinajstić information content (AvgIpc) is 2.63. The van der Waals surface area contributed by atoms with Gasteiger partial charge in [0.1, 0.15) is 17.5 Å². The SMILES string of the molecule is CC(c1c[nH]c(=O)c2c(F)cc(F)cc12)N(C)C(=O)Nc1ccc(F)c(Cl)c1. The molecule has 9 heteroatoms. The molecule has 2 amide bonds. The van der Waals surface area contributed by atoms with Crippen LogP contribution in [0.2, 0.25) is 5.02 Å². The van der Waals surface area contributed by atoms with Gasteiger partial charge < -0.3 is 15.2 Å². The molecule has 0 radical (unpaired) electrons. The van der Waals surface area contributed by atoms with Crippen LogP contribution in [0.15, 0.2) is 41.3 Å². The summed E-state index contributed by atoms with van der Waals surface area (Å²) in [5, 5.41) is 2.19. The van der Waals surface area contributed by atoms with E-state index < -0.39 is 35.1 Å². The number of urea groups is 1. The molecule has 2 N–H and O–H groups in total. The number of carbonyl (C=O) groups is 1. The van der Waals surface area contributed by atoms with E-state index >= 15 is 0 Å². The van der Waals surface area contributed by atoms with Crippen LogP contribution in [0.5, 0.6) is 0 Å². The van der Waals surface area contributed by atoms with Crippen LogP contribution in [0, 0.1) is 17.5 Å². The number of carbonyl (C=O) groups excluding carboxylic acids is 1. The van der Waals surface area contributed by atoms with Gasteiger partial charge in [-0.1, -0.05) is 11.6 Å². The predicted octanol–water partition coefficient (Wildman–Crippen LogP) is 4.82. The molecule has 3 aromatic rings. The van der Waals surface area contributed by atoms with E-state index in [1.165, 1.54) is 30.3 Å². The Morgan fingerprint density at radius 1 is 1.18 bits per heavy atom. The van der Waals surface area contributed by atoms with E-state index in [9.17, 15) is 22.8 Å². The van der Waals surface area contributed by atoms with Gasteiger partial charge in [0.25, 0.3) is 5.56 Å². The molecule has 0 bridgehead atoms. The Bertz CT molecular complexity index is 1130. The van der Waals surface area contributed by atoms with Crippen LogP contribution in [-0.4, -0.2) is 23.0 Å². The Kier molecular flexibility index (Phi) is 5.33. The monoisotopic (exact) mass is 409 g/mol. The van der Waals surface area contributed by atoms with Gasteiger partial charge in [0.2, 0.25) is 0 Å². The fourth-order valence-corrected chi connectivity index (χ4v) is 3.02. The van der Waals surface area contributed by atoms with E-state index in [4.69, 9.17) is 11.6 Å². The first-order valence-corrected chi connectivity index (χ1v) is 8.56. The topological polar surface area (TPSA) is 65.2 Å². The predicted molar refractivity (Wildman–Crippen MR) is 101 cm³/mol. The van der Waals surface area contributed by atoms with Crippen LogP contribution < -0.4 is 10.9 Å². The van der Waals surface area contributed by atoms with Gasteiger partial charge in [-0.25, -0.2) is 18.0 Å². The number of aromatic amines is 1. The lowest BCUT2D eigenvalue weighted by molar-refractivity contribution is 0.208. The average molecular weight is 410 g/mol. The van der Waals surface area contributed by atoms with Crippen molar-refractivity contribution in [3.63, 3.8) is 0 Å². The molecule has 1 heterocycles. The zero-order valence-electron chi connectivity index (χ0n) is 14.8. The number of amides is 2. The minimum absolute atomic E-state index is 0.0678. The number of H-pyrrole nitrogens is 1. The second kappa shape index (κ2) is 7.55. The highest BCUT2D eigenvalue weighted by Gasteiger charge is 2.22. The number of anilines is 1. The Labute approximate surface area is 162 Å². The third kappa shape index (κ3) is 3.68. The molecule has 28 heavy (non-hydrogen) atoms. The number of pyridine rings is 1. The highest BCUT2D eigenvalue weighted by molar-refractivity contribution is 6.31. The fourth-order valence-electron chi connectivity index (χ4n) is 2.84. The first-order valence-electron chi connectivity index (χ1n) is 8.18. The summed E-state index contributed by atoms with van der Waals surface area (Å²) in [6.45, 7) is 1.63. The Balaban J connectivity index is 1.93. The van der Waals surface area contributed by atoms with E-state index in [0.717, 1.165) is 12.1 Å². The lowest BCUT2D eigenvalue weighted by atomic mass is 10.0. The van der Waals surface area contributed by atoms with Gasteiger partial charge in [0.05, 0.1) is 16.5 Å². The highest BCUT2D eigenvalue weighted by atomic mass is 35.5. The molecular formula is C19H15ClF3N3O2. The van der Waals surface area contributed by atoms with Crippen LogP contribution in [0.3, 0.4) is 0 Å². The van der Waals surface area contributed by atoms with Crippen molar-refractivity contribution >= 4 is 34.1 Å². The number of halogens is 4. The molecular weight excluding hydrogens is 395 g/mol. The molecule has 0 fully saturated rings. The number of hydrogen-bond acceptors (Lipinski definition) is 2. The van der Waals surface area contributed by atoms with Gasteiger partial charge in [-0.05, 0) is 42.1 Å². The van der Waals surface area contributed by atoms with Crippen molar-refractivity contribution < 1.29 is 18.0 Å². The molecule has 5 nitrogen and oxygen atoms in total. The van der Waals surface area contributed by atoms with Crippen molar-refractivity contribution in [2.24, 2.45) is 0 Å². The van der Waals surface area contributed by atoms with Gasteiger partial charge in [0, 0.05) is 25.0 Å². The van der Waals surface area contributed by atoms with E-state index in [1.807, 2.05) is 0 Å². The molecule has 146 valence electrons. The molecule has 1 aromatic heterocycles. The van der Waals surface area contributed by atoms with Crippen molar-refractivity contribution in [2.45, 2.75) is 13.0 Å². The Hall–Kier alpha value is -3.00. The number of hydrogen-bond donors (Lipinski definition) is 2. The summed E-state index contributed by atoms with van der Waals surface area (Å²) in [5.41, 5.74) is -0.0711. The quantitative estimate of drug-likeness (QED) is 0.651. The zero-order chi connectivity index (χ0) is 20.6. The van der Waals surface area contributed by atoms with Crippen molar-refractivity contribution in [1.82, 2.24) is 9.88 Å². The number of rotatable bonds is 3. The number of benzene rings is 2. The lowest BCUT2D eigenvalue weighted by Gasteiger charge is -2.26. The third-order valence-electron chi connectivity index (χ3n) is 4.47. The molecule has 0 saturated heterocycles. The van der Waals surface area contributed by atoms with Crippen LogP contribution in [0.25, 0.3) is 10.8 Å². The maximum absolute atomic E-state index is 14.1. The van der Waals surface area contributed by atoms with E-state index in [1.54, 1.807) is 6.92 Å².